The van der Waals surface area contributed by atoms with Gasteiger partial charge >= 0.3 is 0 Å². The number of rotatable bonds is 11. The van der Waals surface area contributed by atoms with Crippen molar-refractivity contribution in [3.63, 3.8) is 0 Å². The van der Waals surface area contributed by atoms with Crippen molar-refractivity contribution in [2.24, 2.45) is 47.3 Å². The minimum absolute atomic E-state index is 0.00654. The molecule has 1 aromatic carbocycles. The largest absolute Gasteiger partial charge is 0.491 e. The second-order valence-electron chi connectivity index (χ2n) is 14.2. The molecule has 4 fully saturated rings. The zero-order valence-electron chi connectivity index (χ0n) is 25.5. The van der Waals surface area contributed by atoms with E-state index in [1.54, 1.807) is 13.3 Å². The molecule has 4 saturated carbocycles. The van der Waals surface area contributed by atoms with Crippen LogP contribution in [0, 0.1) is 59.0 Å². The summed E-state index contributed by atoms with van der Waals surface area (Å²) in [7, 11) is 0. The number of halogens is 2. The average molecular weight is 559 g/mol. The highest BCUT2D eigenvalue weighted by atomic mass is 19.2. The maximum Gasteiger partial charge on any atom is 0.204 e. The third-order valence-corrected chi connectivity index (χ3v) is 11.8. The van der Waals surface area contributed by atoms with Crippen LogP contribution in [-0.4, -0.2) is 13.2 Å². The van der Waals surface area contributed by atoms with Crippen molar-refractivity contribution >= 4 is 0 Å². The molecule has 226 valence electrons. The van der Waals surface area contributed by atoms with E-state index in [4.69, 9.17) is 9.47 Å². The van der Waals surface area contributed by atoms with Crippen LogP contribution in [0.4, 0.5) is 8.78 Å². The van der Waals surface area contributed by atoms with Crippen LogP contribution >= 0.6 is 0 Å². The Labute approximate surface area is 243 Å². The van der Waals surface area contributed by atoms with E-state index >= 15 is 0 Å². The predicted octanol–water partition coefficient (Wildman–Crippen LogP) is 10.8. The maximum atomic E-state index is 14.3. The van der Waals surface area contributed by atoms with Crippen molar-refractivity contribution in [3.8, 4) is 11.5 Å². The smallest absolute Gasteiger partial charge is 0.204 e. The molecule has 0 bridgehead atoms. The Hall–Kier alpha value is -1.32. The van der Waals surface area contributed by atoms with Crippen molar-refractivity contribution in [1.29, 1.82) is 0 Å². The van der Waals surface area contributed by atoms with Crippen LogP contribution in [0.5, 0.6) is 11.5 Å². The molecule has 5 rings (SSSR count). The van der Waals surface area contributed by atoms with Gasteiger partial charge in [0.1, 0.15) is 0 Å². The van der Waals surface area contributed by atoms with Gasteiger partial charge in [-0.05, 0) is 124 Å². The van der Waals surface area contributed by atoms with Gasteiger partial charge in [-0.2, -0.15) is 8.78 Å². The first-order valence-corrected chi connectivity index (χ1v) is 17.3. The zero-order chi connectivity index (χ0) is 27.9. The molecular weight excluding hydrogens is 502 g/mol. The van der Waals surface area contributed by atoms with Gasteiger partial charge in [0.25, 0.3) is 0 Å². The van der Waals surface area contributed by atoms with Gasteiger partial charge in [0.15, 0.2) is 11.5 Å². The van der Waals surface area contributed by atoms with Gasteiger partial charge in [0, 0.05) is 0 Å². The fourth-order valence-corrected chi connectivity index (χ4v) is 9.33. The van der Waals surface area contributed by atoms with Gasteiger partial charge in [-0.25, -0.2) is 0 Å². The lowest BCUT2D eigenvalue weighted by Gasteiger charge is -2.45. The summed E-state index contributed by atoms with van der Waals surface area (Å²) < 4.78 is 39.3. The summed E-state index contributed by atoms with van der Waals surface area (Å²) in [6.07, 6.45) is 25.6. The molecule has 0 N–H and O–H groups in total. The van der Waals surface area contributed by atoms with Gasteiger partial charge in [-0.1, -0.05) is 64.7 Å². The molecule has 0 amide bonds. The van der Waals surface area contributed by atoms with Gasteiger partial charge in [0.05, 0.1) is 13.2 Å². The fourth-order valence-electron chi connectivity index (χ4n) is 9.33. The summed E-state index contributed by atoms with van der Waals surface area (Å²) in [6.45, 7) is 4.89. The number of benzene rings is 1. The highest BCUT2D eigenvalue weighted by Gasteiger charge is 2.38. The molecule has 0 aromatic heterocycles. The van der Waals surface area contributed by atoms with Crippen LogP contribution in [0.2, 0.25) is 0 Å². The Morgan fingerprint density at radius 1 is 0.550 bits per heavy atom. The molecule has 4 aliphatic rings. The SMILES string of the molecule is CCCC1CCC(C2CCC3CC(CCC4CCC(COc5ccc(OCC)c(F)c5F)CC4)CCC3C2)CC1. The summed E-state index contributed by atoms with van der Waals surface area (Å²) in [6, 6.07) is 2.96. The lowest BCUT2D eigenvalue weighted by atomic mass is 9.60. The van der Waals surface area contributed by atoms with Crippen LogP contribution < -0.4 is 9.47 Å². The maximum absolute atomic E-state index is 14.3. The van der Waals surface area contributed by atoms with E-state index in [1.807, 2.05) is 0 Å². The monoisotopic (exact) mass is 558 g/mol. The van der Waals surface area contributed by atoms with Crippen LogP contribution in [-0.2, 0) is 0 Å². The normalized spacial score (nSPS) is 34.7. The van der Waals surface area contributed by atoms with Crippen molar-refractivity contribution in [2.45, 2.75) is 129 Å². The summed E-state index contributed by atoms with van der Waals surface area (Å²) in [5.41, 5.74) is 0. The molecule has 0 spiro atoms. The first kappa shape index (κ1) is 30.1. The van der Waals surface area contributed by atoms with Crippen molar-refractivity contribution in [3.05, 3.63) is 23.8 Å². The van der Waals surface area contributed by atoms with Crippen molar-refractivity contribution in [1.82, 2.24) is 0 Å². The highest BCUT2D eigenvalue weighted by molar-refractivity contribution is 5.35. The third kappa shape index (κ3) is 7.74. The highest BCUT2D eigenvalue weighted by Crippen LogP contribution is 2.50. The Balaban J connectivity index is 0.970. The molecule has 0 saturated heterocycles. The van der Waals surface area contributed by atoms with Crippen LogP contribution in [0.1, 0.15) is 129 Å². The molecule has 1 aromatic rings. The van der Waals surface area contributed by atoms with Crippen LogP contribution in [0.25, 0.3) is 0 Å². The lowest BCUT2D eigenvalue weighted by Crippen LogP contribution is -2.34. The molecule has 2 nitrogen and oxygen atoms in total. The second kappa shape index (κ2) is 14.7. The number of fused-ring (bicyclic) bond motifs is 1. The van der Waals surface area contributed by atoms with Gasteiger partial charge in [-0.3, -0.25) is 0 Å². The molecular formula is C36H56F2O2. The Morgan fingerprint density at radius 2 is 1.02 bits per heavy atom. The summed E-state index contributed by atoms with van der Waals surface area (Å²) >= 11 is 0. The lowest BCUT2D eigenvalue weighted by molar-refractivity contribution is 0.0558. The van der Waals surface area contributed by atoms with Crippen LogP contribution in [0.15, 0.2) is 12.1 Å². The standard InChI is InChI=1S/C36H56F2O2/c1-3-5-25-12-15-29(16-13-25)31-19-18-30-22-27(14-17-32(30)23-31)9-6-26-7-10-28(11-8-26)24-40-34-21-20-33(39-4-2)35(37)36(34)38/h20-21,25-32H,3-19,22-24H2,1-2H3. The Bertz CT molecular complexity index is 902. The zero-order valence-corrected chi connectivity index (χ0v) is 25.5. The number of hydrogen-bond acceptors (Lipinski definition) is 2. The number of hydrogen-bond donors (Lipinski definition) is 0. The van der Waals surface area contributed by atoms with Gasteiger partial charge < -0.3 is 9.47 Å². The molecule has 4 unspecified atom stereocenters. The van der Waals surface area contributed by atoms with E-state index in [-0.39, 0.29) is 11.5 Å². The van der Waals surface area contributed by atoms with Crippen molar-refractivity contribution < 1.29 is 18.3 Å². The minimum Gasteiger partial charge on any atom is -0.491 e. The van der Waals surface area contributed by atoms with E-state index in [2.05, 4.69) is 6.92 Å². The topological polar surface area (TPSA) is 18.5 Å². The van der Waals surface area contributed by atoms with E-state index in [9.17, 15) is 8.78 Å². The molecule has 0 radical (unpaired) electrons. The molecule has 4 heteroatoms. The molecule has 0 aliphatic heterocycles. The first-order chi connectivity index (χ1) is 19.5. The Kier molecular flexibility index (Phi) is 11.1. The second-order valence-corrected chi connectivity index (χ2v) is 14.2. The summed E-state index contributed by atoms with van der Waals surface area (Å²) in [4.78, 5) is 0. The predicted molar refractivity (Wildman–Crippen MR) is 160 cm³/mol. The van der Waals surface area contributed by atoms with E-state index in [0.717, 1.165) is 54.3 Å². The summed E-state index contributed by atoms with van der Waals surface area (Å²) in [5.74, 6) is 5.51. The summed E-state index contributed by atoms with van der Waals surface area (Å²) in [5, 5.41) is 0. The third-order valence-electron chi connectivity index (χ3n) is 11.8. The quantitative estimate of drug-likeness (QED) is 0.269. The number of ether oxygens (including phenoxy) is 2. The average Bonchev–Trinajstić information content (AvgIpc) is 2.99. The Morgan fingerprint density at radius 3 is 1.70 bits per heavy atom. The van der Waals surface area contributed by atoms with E-state index < -0.39 is 11.6 Å². The van der Waals surface area contributed by atoms with Gasteiger partial charge in [-0.15, -0.1) is 0 Å². The fraction of sp³-hybridized carbons (Fsp3) is 0.833. The molecule has 0 heterocycles. The molecule has 4 aliphatic carbocycles. The molecule has 4 atom stereocenters. The van der Waals surface area contributed by atoms with Gasteiger partial charge in [0.2, 0.25) is 11.6 Å². The van der Waals surface area contributed by atoms with Crippen molar-refractivity contribution in [2.75, 3.05) is 13.2 Å². The van der Waals surface area contributed by atoms with Crippen LogP contribution in [0.3, 0.4) is 0 Å². The molecule has 40 heavy (non-hydrogen) atoms. The first-order valence-electron chi connectivity index (χ1n) is 17.3. The van der Waals surface area contributed by atoms with E-state index in [0.29, 0.717) is 19.1 Å². The van der Waals surface area contributed by atoms with E-state index in [1.165, 1.54) is 108 Å². The minimum atomic E-state index is -0.949.